The van der Waals surface area contributed by atoms with Crippen LogP contribution in [0.5, 0.6) is 0 Å². The van der Waals surface area contributed by atoms with Crippen molar-refractivity contribution in [2.75, 3.05) is 6.54 Å². The number of thiazole rings is 1. The number of nitrogens with one attached hydrogen (secondary N) is 1. The second kappa shape index (κ2) is 6.78. The van der Waals surface area contributed by atoms with Crippen LogP contribution in [0.2, 0.25) is 0 Å². The van der Waals surface area contributed by atoms with Gasteiger partial charge >= 0.3 is 0 Å². The van der Waals surface area contributed by atoms with Crippen molar-refractivity contribution in [2.24, 2.45) is 0 Å². The van der Waals surface area contributed by atoms with Crippen LogP contribution in [0.1, 0.15) is 50.7 Å². The van der Waals surface area contributed by atoms with E-state index in [0.29, 0.717) is 0 Å². The lowest BCUT2D eigenvalue weighted by molar-refractivity contribution is 0.567. The van der Waals surface area contributed by atoms with Crippen molar-refractivity contribution in [3.8, 4) is 12.3 Å². The lowest BCUT2D eigenvalue weighted by Crippen LogP contribution is -2.16. The van der Waals surface area contributed by atoms with E-state index in [1.807, 2.05) is 0 Å². The van der Waals surface area contributed by atoms with E-state index in [1.54, 1.807) is 11.3 Å². The molecule has 0 atom stereocenters. The Morgan fingerprint density at radius 3 is 2.76 bits per heavy atom. The Kier molecular flexibility index (Phi) is 5.67. The second-order valence-corrected chi connectivity index (χ2v) is 6.16. The van der Waals surface area contributed by atoms with Gasteiger partial charge in [-0.1, -0.05) is 20.8 Å². The molecule has 1 aromatic heterocycles. The van der Waals surface area contributed by atoms with Crippen LogP contribution in [0, 0.1) is 12.3 Å². The van der Waals surface area contributed by atoms with Crippen molar-refractivity contribution in [3.05, 3.63) is 16.1 Å². The SMILES string of the molecule is C#CCCCCNCc1nc(C(C)(C)C)cs1. The highest BCUT2D eigenvalue weighted by Gasteiger charge is 2.16. The minimum atomic E-state index is 0.154. The zero-order valence-electron chi connectivity index (χ0n) is 11.0. The van der Waals surface area contributed by atoms with Gasteiger partial charge < -0.3 is 5.32 Å². The first kappa shape index (κ1) is 14.2. The molecule has 0 saturated carbocycles. The summed E-state index contributed by atoms with van der Waals surface area (Å²) >= 11 is 1.74. The van der Waals surface area contributed by atoms with Gasteiger partial charge in [-0.25, -0.2) is 4.98 Å². The fourth-order valence-corrected chi connectivity index (χ4v) is 2.40. The summed E-state index contributed by atoms with van der Waals surface area (Å²) in [6.07, 6.45) is 8.33. The van der Waals surface area contributed by atoms with E-state index in [9.17, 15) is 0 Å². The van der Waals surface area contributed by atoms with E-state index in [0.717, 1.165) is 32.4 Å². The van der Waals surface area contributed by atoms with Gasteiger partial charge in [0.25, 0.3) is 0 Å². The summed E-state index contributed by atoms with van der Waals surface area (Å²) in [6, 6.07) is 0. The van der Waals surface area contributed by atoms with E-state index >= 15 is 0 Å². The van der Waals surface area contributed by atoms with E-state index in [2.05, 4.69) is 42.4 Å². The van der Waals surface area contributed by atoms with Crippen molar-refractivity contribution in [1.29, 1.82) is 0 Å². The Balaban J connectivity index is 2.24. The maximum absolute atomic E-state index is 5.20. The Morgan fingerprint density at radius 1 is 1.41 bits per heavy atom. The maximum atomic E-state index is 5.20. The monoisotopic (exact) mass is 250 g/mol. The normalized spacial score (nSPS) is 11.4. The summed E-state index contributed by atoms with van der Waals surface area (Å²) in [6.45, 7) is 8.47. The van der Waals surface area contributed by atoms with Crippen LogP contribution in [-0.4, -0.2) is 11.5 Å². The molecule has 1 aromatic rings. The standard InChI is InChI=1S/C14H22N2S/c1-5-6-7-8-9-15-10-13-16-12(11-17-13)14(2,3)4/h1,11,15H,6-10H2,2-4H3. The van der Waals surface area contributed by atoms with Gasteiger partial charge in [0.15, 0.2) is 0 Å². The molecule has 0 bridgehead atoms. The zero-order valence-corrected chi connectivity index (χ0v) is 11.9. The molecular formula is C14H22N2S. The summed E-state index contributed by atoms with van der Waals surface area (Å²) in [7, 11) is 0. The van der Waals surface area contributed by atoms with Gasteiger partial charge in [0.05, 0.1) is 5.69 Å². The molecule has 0 radical (unpaired) electrons. The molecule has 94 valence electrons. The molecule has 1 rings (SSSR count). The van der Waals surface area contributed by atoms with Crippen molar-refractivity contribution < 1.29 is 0 Å². The van der Waals surface area contributed by atoms with E-state index in [-0.39, 0.29) is 5.41 Å². The van der Waals surface area contributed by atoms with Gasteiger partial charge in [0, 0.05) is 23.8 Å². The van der Waals surface area contributed by atoms with E-state index in [4.69, 9.17) is 6.42 Å². The van der Waals surface area contributed by atoms with Crippen LogP contribution in [0.4, 0.5) is 0 Å². The van der Waals surface area contributed by atoms with Gasteiger partial charge in [0.1, 0.15) is 5.01 Å². The fraction of sp³-hybridized carbons (Fsp3) is 0.643. The Bertz CT molecular complexity index is 368. The predicted octanol–water partition coefficient (Wildman–Crippen LogP) is 3.33. The minimum Gasteiger partial charge on any atom is -0.310 e. The highest BCUT2D eigenvalue weighted by Crippen LogP contribution is 2.23. The molecule has 1 N–H and O–H groups in total. The molecule has 0 aliphatic heterocycles. The predicted molar refractivity (Wildman–Crippen MR) is 75.2 cm³/mol. The highest BCUT2D eigenvalue weighted by molar-refractivity contribution is 7.09. The topological polar surface area (TPSA) is 24.9 Å². The average Bonchev–Trinajstić information content (AvgIpc) is 2.71. The molecule has 1 heterocycles. The van der Waals surface area contributed by atoms with Crippen molar-refractivity contribution >= 4 is 11.3 Å². The number of unbranched alkanes of at least 4 members (excludes halogenated alkanes) is 2. The number of hydrogen-bond donors (Lipinski definition) is 1. The molecule has 17 heavy (non-hydrogen) atoms. The van der Waals surface area contributed by atoms with Crippen LogP contribution in [0.3, 0.4) is 0 Å². The van der Waals surface area contributed by atoms with Crippen molar-refractivity contribution in [3.63, 3.8) is 0 Å². The first-order valence-corrected chi connectivity index (χ1v) is 7.01. The first-order chi connectivity index (χ1) is 8.04. The summed E-state index contributed by atoms with van der Waals surface area (Å²) < 4.78 is 0. The largest absolute Gasteiger partial charge is 0.310 e. The van der Waals surface area contributed by atoms with Crippen LogP contribution in [0.15, 0.2) is 5.38 Å². The molecule has 0 spiro atoms. The highest BCUT2D eigenvalue weighted by atomic mass is 32.1. The summed E-state index contributed by atoms with van der Waals surface area (Å²) in [5.74, 6) is 2.66. The Morgan fingerprint density at radius 2 is 2.18 bits per heavy atom. The lowest BCUT2D eigenvalue weighted by Gasteiger charge is -2.14. The molecule has 0 aliphatic carbocycles. The van der Waals surface area contributed by atoms with Gasteiger partial charge in [-0.05, 0) is 19.4 Å². The number of aromatic nitrogens is 1. The van der Waals surface area contributed by atoms with Gasteiger partial charge in [-0.15, -0.1) is 23.7 Å². The molecule has 0 aliphatic rings. The van der Waals surface area contributed by atoms with Crippen LogP contribution in [0.25, 0.3) is 0 Å². The molecule has 0 fully saturated rings. The molecule has 0 saturated heterocycles. The molecule has 3 heteroatoms. The Labute approximate surface area is 109 Å². The van der Waals surface area contributed by atoms with Crippen LogP contribution < -0.4 is 5.32 Å². The van der Waals surface area contributed by atoms with E-state index in [1.165, 1.54) is 10.7 Å². The molecule has 0 aromatic carbocycles. The van der Waals surface area contributed by atoms with Crippen molar-refractivity contribution in [2.45, 2.75) is 52.0 Å². The van der Waals surface area contributed by atoms with Gasteiger partial charge in [0.2, 0.25) is 0 Å². The van der Waals surface area contributed by atoms with Crippen LogP contribution in [-0.2, 0) is 12.0 Å². The zero-order chi connectivity index (χ0) is 12.7. The summed E-state index contributed by atoms with van der Waals surface area (Å²) in [5.41, 5.74) is 1.34. The molecule has 2 nitrogen and oxygen atoms in total. The summed E-state index contributed by atoms with van der Waals surface area (Å²) in [4.78, 5) is 4.64. The smallest absolute Gasteiger partial charge is 0.107 e. The van der Waals surface area contributed by atoms with Gasteiger partial charge in [-0.3, -0.25) is 0 Å². The number of terminal acetylenes is 1. The number of rotatable bonds is 6. The maximum Gasteiger partial charge on any atom is 0.107 e. The summed E-state index contributed by atoms with van der Waals surface area (Å²) in [5, 5.41) is 6.74. The Hall–Kier alpha value is -0.850. The minimum absolute atomic E-state index is 0.154. The van der Waals surface area contributed by atoms with Crippen LogP contribution >= 0.6 is 11.3 Å². The number of nitrogens with zero attached hydrogens (tertiary/aromatic N) is 1. The number of hydrogen-bond acceptors (Lipinski definition) is 3. The fourth-order valence-electron chi connectivity index (χ4n) is 1.41. The van der Waals surface area contributed by atoms with Crippen molar-refractivity contribution in [1.82, 2.24) is 10.3 Å². The third-order valence-corrected chi connectivity index (χ3v) is 3.37. The van der Waals surface area contributed by atoms with E-state index < -0.39 is 0 Å². The third-order valence-electron chi connectivity index (χ3n) is 2.52. The van der Waals surface area contributed by atoms with Gasteiger partial charge in [-0.2, -0.15) is 0 Å². The quantitative estimate of drug-likeness (QED) is 0.619. The first-order valence-electron chi connectivity index (χ1n) is 6.13. The molecule has 0 amide bonds. The second-order valence-electron chi connectivity index (χ2n) is 5.21. The lowest BCUT2D eigenvalue weighted by atomic mass is 9.93. The molecular weight excluding hydrogens is 228 g/mol. The molecule has 0 unspecified atom stereocenters. The third kappa shape index (κ3) is 5.34. The average molecular weight is 250 g/mol.